The first-order valence-corrected chi connectivity index (χ1v) is 7.28. The monoisotopic (exact) mass is 306 g/mol. The topological polar surface area (TPSA) is 58.6 Å². The number of nitrogens with zero attached hydrogens (tertiary/aromatic N) is 1. The summed E-state index contributed by atoms with van der Waals surface area (Å²) in [7, 11) is 0. The number of nitrogens with one attached hydrogen (secondary N) is 1. The highest BCUT2D eigenvalue weighted by Gasteiger charge is 2.29. The lowest BCUT2D eigenvalue weighted by Crippen LogP contribution is -2.48. The van der Waals surface area contributed by atoms with Crippen molar-refractivity contribution in [2.24, 2.45) is 5.92 Å². The van der Waals surface area contributed by atoms with Gasteiger partial charge in [-0.05, 0) is 39.7 Å². The van der Waals surface area contributed by atoms with E-state index in [9.17, 15) is 9.59 Å². The summed E-state index contributed by atoms with van der Waals surface area (Å²) in [5.74, 6) is -0.0228. The zero-order chi connectivity index (χ0) is 14.3. The molecule has 1 rings (SSSR count). The third kappa shape index (κ3) is 5.67. The van der Waals surface area contributed by atoms with Gasteiger partial charge in [0.25, 0.3) is 0 Å². The van der Waals surface area contributed by atoms with Gasteiger partial charge in [-0.2, -0.15) is 0 Å². The standard InChI is InChI=1S/C14H26N2O3.ClH/c1-4-8-15-11(3)13(17)16-9-6-12(7-10-16)14(18)19-5-2;/h11-12,15H,4-10H2,1-3H3;1H. The third-order valence-electron chi connectivity index (χ3n) is 3.50. The van der Waals surface area contributed by atoms with E-state index in [1.165, 1.54) is 0 Å². The number of piperidine rings is 1. The summed E-state index contributed by atoms with van der Waals surface area (Å²) < 4.78 is 5.02. The van der Waals surface area contributed by atoms with Crippen molar-refractivity contribution in [1.82, 2.24) is 10.2 Å². The van der Waals surface area contributed by atoms with Crippen LogP contribution in [0.25, 0.3) is 0 Å². The molecule has 1 fully saturated rings. The fraction of sp³-hybridized carbons (Fsp3) is 0.857. The molecule has 1 amide bonds. The second-order valence-electron chi connectivity index (χ2n) is 5.03. The predicted molar refractivity (Wildman–Crippen MR) is 80.9 cm³/mol. The largest absolute Gasteiger partial charge is 0.466 e. The van der Waals surface area contributed by atoms with Crippen molar-refractivity contribution in [3.05, 3.63) is 0 Å². The first kappa shape index (κ1) is 19.2. The Bertz CT molecular complexity index is 305. The Balaban J connectivity index is 0.00000361. The smallest absolute Gasteiger partial charge is 0.309 e. The van der Waals surface area contributed by atoms with Crippen molar-refractivity contribution in [2.75, 3.05) is 26.2 Å². The summed E-state index contributed by atoms with van der Waals surface area (Å²) in [6.45, 7) is 8.38. The van der Waals surface area contributed by atoms with Crippen LogP contribution < -0.4 is 5.32 Å². The Morgan fingerprint density at radius 3 is 2.40 bits per heavy atom. The summed E-state index contributed by atoms with van der Waals surface area (Å²) >= 11 is 0. The van der Waals surface area contributed by atoms with Crippen LogP contribution in [0.2, 0.25) is 0 Å². The molecule has 1 unspecified atom stereocenters. The summed E-state index contributed by atoms with van der Waals surface area (Å²) in [5, 5.41) is 3.20. The number of ether oxygens (including phenoxy) is 1. The van der Waals surface area contributed by atoms with Crippen molar-refractivity contribution < 1.29 is 14.3 Å². The van der Waals surface area contributed by atoms with Crippen LogP contribution in [0.15, 0.2) is 0 Å². The lowest BCUT2D eigenvalue weighted by molar-refractivity contribution is -0.151. The minimum atomic E-state index is -0.140. The molecule has 0 spiro atoms. The van der Waals surface area contributed by atoms with E-state index in [0.717, 1.165) is 13.0 Å². The number of hydrogen-bond donors (Lipinski definition) is 1. The van der Waals surface area contributed by atoms with E-state index in [1.807, 2.05) is 18.7 Å². The van der Waals surface area contributed by atoms with Crippen LogP contribution in [0.3, 0.4) is 0 Å². The molecule has 118 valence electrons. The van der Waals surface area contributed by atoms with Crippen LogP contribution in [0.1, 0.15) is 40.0 Å². The van der Waals surface area contributed by atoms with Crippen molar-refractivity contribution in [3.8, 4) is 0 Å². The van der Waals surface area contributed by atoms with E-state index < -0.39 is 0 Å². The minimum absolute atomic E-state index is 0. The van der Waals surface area contributed by atoms with Gasteiger partial charge in [-0.15, -0.1) is 12.4 Å². The molecule has 0 radical (unpaired) electrons. The van der Waals surface area contributed by atoms with E-state index in [1.54, 1.807) is 0 Å². The van der Waals surface area contributed by atoms with Crippen molar-refractivity contribution in [1.29, 1.82) is 0 Å². The number of halogens is 1. The number of carbonyl (C=O) groups excluding carboxylic acids is 2. The second-order valence-corrected chi connectivity index (χ2v) is 5.03. The quantitative estimate of drug-likeness (QED) is 0.757. The van der Waals surface area contributed by atoms with Gasteiger partial charge >= 0.3 is 5.97 Å². The first-order chi connectivity index (χ1) is 9.10. The van der Waals surface area contributed by atoms with Gasteiger partial charge in [0.1, 0.15) is 0 Å². The van der Waals surface area contributed by atoms with Gasteiger partial charge < -0.3 is 15.0 Å². The Hall–Kier alpha value is -0.810. The number of rotatable bonds is 6. The maximum atomic E-state index is 12.2. The predicted octanol–water partition coefficient (Wildman–Crippen LogP) is 1.60. The maximum Gasteiger partial charge on any atom is 0.309 e. The van der Waals surface area contributed by atoms with Crippen molar-refractivity contribution in [3.63, 3.8) is 0 Å². The number of likely N-dealkylation sites (tertiary alicyclic amines) is 1. The molecular weight excluding hydrogens is 280 g/mol. The van der Waals surface area contributed by atoms with Gasteiger partial charge in [-0.3, -0.25) is 9.59 Å². The molecule has 0 aromatic carbocycles. The van der Waals surface area contributed by atoms with Crippen LogP contribution >= 0.6 is 12.4 Å². The number of amides is 1. The number of hydrogen-bond acceptors (Lipinski definition) is 4. The lowest BCUT2D eigenvalue weighted by Gasteiger charge is -2.32. The van der Waals surface area contributed by atoms with E-state index >= 15 is 0 Å². The van der Waals surface area contributed by atoms with Crippen LogP contribution in [-0.2, 0) is 14.3 Å². The van der Waals surface area contributed by atoms with Crippen LogP contribution in [-0.4, -0.2) is 49.1 Å². The maximum absolute atomic E-state index is 12.2. The van der Waals surface area contributed by atoms with E-state index in [2.05, 4.69) is 12.2 Å². The fourth-order valence-corrected chi connectivity index (χ4v) is 2.32. The highest BCUT2D eigenvalue weighted by Crippen LogP contribution is 2.19. The first-order valence-electron chi connectivity index (χ1n) is 7.28. The average Bonchev–Trinajstić information content (AvgIpc) is 2.44. The van der Waals surface area contributed by atoms with Crippen molar-refractivity contribution >= 4 is 24.3 Å². The van der Waals surface area contributed by atoms with Gasteiger partial charge in [-0.1, -0.05) is 6.92 Å². The zero-order valence-corrected chi connectivity index (χ0v) is 13.5. The molecular formula is C14H27ClN2O3. The number of carbonyl (C=O) groups is 2. The highest BCUT2D eigenvalue weighted by atomic mass is 35.5. The fourth-order valence-electron chi connectivity index (χ4n) is 2.32. The van der Waals surface area contributed by atoms with E-state index in [4.69, 9.17) is 4.74 Å². The lowest BCUT2D eigenvalue weighted by atomic mass is 9.96. The molecule has 0 aromatic rings. The van der Waals surface area contributed by atoms with Gasteiger partial charge in [0.15, 0.2) is 0 Å². The minimum Gasteiger partial charge on any atom is -0.466 e. The van der Waals surface area contributed by atoms with Gasteiger partial charge in [0, 0.05) is 13.1 Å². The highest BCUT2D eigenvalue weighted by molar-refractivity contribution is 5.85. The molecule has 5 nitrogen and oxygen atoms in total. The Labute approximate surface area is 127 Å². The Kier molecular flexibility index (Phi) is 9.59. The van der Waals surface area contributed by atoms with E-state index in [-0.39, 0.29) is 36.2 Å². The SMILES string of the molecule is CCCNC(C)C(=O)N1CCC(C(=O)OCC)CC1.Cl. The molecule has 1 aliphatic rings. The van der Waals surface area contributed by atoms with Crippen molar-refractivity contribution in [2.45, 2.75) is 46.1 Å². The van der Waals surface area contributed by atoms with Crippen LogP contribution in [0.4, 0.5) is 0 Å². The summed E-state index contributed by atoms with van der Waals surface area (Å²) in [4.78, 5) is 25.6. The molecule has 1 aliphatic heterocycles. The average molecular weight is 307 g/mol. The van der Waals surface area contributed by atoms with Crippen LogP contribution in [0, 0.1) is 5.92 Å². The third-order valence-corrected chi connectivity index (χ3v) is 3.50. The van der Waals surface area contributed by atoms with E-state index in [0.29, 0.717) is 32.5 Å². The van der Waals surface area contributed by atoms with Gasteiger partial charge in [-0.25, -0.2) is 0 Å². The summed E-state index contributed by atoms with van der Waals surface area (Å²) in [6, 6.07) is -0.140. The normalized spacial score (nSPS) is 17.2. The summed E-state index contributed by atoms with van der Waals surface area (Å²) in [6.07, 6.45) is 2.44. The molecule has 1 atom stereocenters. The van der Waals surface area contributed by atoms with Crippen LogP contribution in [0.5, 0.6) is 0 Å². The molecule has 6 heteroatoms. The molecule has 1 N–H and O–H groups in total. The molecule has 20 heavy (non-hydrogen) atoms. The molecule has 1 heterocycles. The molecule has 1 saturated heterocycles. The van der Waals surface area contributed by atoms with Gasteiger partial charge in [0.05, 0.1) is 18.6 Å². The molecule has 0 aromatic heterocycles. The zero-order valence-electron chi connectivity index (χ0n) is 12.7. The summed E-state index contributed by atoms with van der Waals surface area (Å²) in [5.41, 5.74) is 0. The number of esters is 1. The van der Waals surface area contributed by atoms with Gasteiger partial charge in [0.2, 0.25) is 5.91 Å². The molecule has 0 aliphatic carbocycles. The second kappa shape index (κ2) is 10.00. The Morgan fingerprint density at radius 2 is 1.90 bits per heavy atom. The molecule has 0 saturated carbocycles. The Morgan fingerprint density at radius 1 is 1.30 bits per heavy atom. The molecule has 0 bridgehead atoms.